The van der Waals surface area contributed by atoms with Gasteiger partial charge in [0.15, 0.2) is 0 Å². The number of benzene rings is 1. The Morgan fingerprint density at radius 1 is 1.44 bits per heavy atom. The average molecular weight is 242 g/mol. The molecule has 5 heteroatoms. The molecule has 0 aliphatic carbocycles. The zero-order valence-corrected chi connectivity index (χ0v) is 9.89. The molecule has 3 N–H and O–H groups in total. The van der Waals surface area contributed by atoms with E-state index in [1.807, 2.05) is 18.2 Å². The van der Waals surface area contributed by atoms with Crippen molar-refractivity contribution >= 4 is 17.3 Å². The molecule has 0 fully saturated rings. The Hall–Kier alpha value is -2.30. The molecule has 1 aliphatic heterocycles. The molecule has 2 aromatic rings. The van der Waals surface area contributed by atoms with E-state index in [1.54, 1.807) is 11.1 Å². The lowest BCUT2D eigenvalue weighted by Crippen LogP contribution is -2.35. The van der Waals surface area contributed by atoms with Crippen LogP contribution in [0.2, 0.25) is 0 Å². The lowest BCUT2D eigenvalue weighted by atomic mass is 10.0. The molecule has 18 heavy (non-hydrogen) atoms. The van der Waals surface area contributed by atoms with Crippen LogP contribution in [0.15, 0.2) is 30.7 Å². The van der Waals surface area contributed by atoms with Crippen LogP contribution in [0.5, 0.6) is 0 Å². The number of imidazole rings is 1. The zero-order valence-electron chi connectivity index (χ0n) is 9.89. The fourth-order valence-corrected chi connectivity index (χ4v) is 2.35. The number of aromatic amines is 1. The fraction of sp³-hybridized carbons (Fsp3) is 0.231. The molecule has 0 saturated heterocycles. The van der Waals surface area contributed by atoms with E-state index in [-0.39, 0.29) is 5.91 Å². The summed E-state index contributed by atoms with van der Waals surface area (Å²) in [4.78, 5) is 20.8. The van der Waals surface area contributed by atoms with Crippen LogP contribution in [0.3, 0.4) is 0 Å². The number of aryl methyl sites for hydroxylation is 1. The maximum Gasteiger partial charge on any atom is 0.276 e. The second-order valence-electron chi connectivity index (χ2n) is 4.41. The number of rotatable bonds is 1. The molecule has 3 rings (SSSR count). The number of hydrogen-bond donors (Lipinski definition) is 2. The number of fused-ring (bicyclic) bond motifs is 1. The molecule has 0 bridgehead atoms. The Kier molecular flexibility index (Phi) is 2.51. The molecule has 92 valence electrons. The van der Waals surface area contributed by atoms with Crippen LogP contribution in [0.1, 0.15) is 22.5 Å². The summed E-state index contributed by atoms with van der Waals surface area (Å²) in [6.45, 7) is 0.731. The number of amides is 1. The summed E-state index contributed by atoms with van der Waals surface area (Å²) >= 11 is 0. The third-order valence-corrected chi connectivity index (χ3v) is 3.20. The van der Waals surface area contributed by atoms with Crippen molar-refractivity contribution in [3.05, 3.63) is 42.0 Å². The first-order valence-corrected chi connectivity index (χ1v) is 5.94. The standard InChI is InChI=1S/C13H14N4O/c14-10-3-4-12-9(6-10)2-1-5-17(12)13(18)11-7-15-8-16-11/h3-4,6-8H,1-2,5,14H2,(H,15,16). The van der Waals surface area contributed by atoms with E-state index < -0.39 is 0 Å². The molecule has 5 nitrogen and oxygen atoms in total. The topological polar surface area (TPSA) is 75.0 Å². The maximum atomic E-state index is 12.3. The first-order chi connectivity index (χ1) is 8.75. The van der Waals surface area contributed by atoms with Crippen LogP contribution in [0.25, 0.3) is 0 Å². The Morgan fingerprint density at radius 2 is 2.33 bits per heavy atom. The Morgan fingerprint density at radius 3 is 3.11 bits per heavy atom. The van der Waals surface area contributed by atoms with Crippen LogP contribution in [-0.2, 0) is 6.42 Å². The van der Waals surface area contributed by atoms with Crippen molar-refractivity contribution < 1.29 is 4.79 Å². The van der Waals surface area contributed by atoms with Gasteiger partial charge in [0.2, 0.25) is 0 Å². The van der Waals surface area contributed by atoms with Gasteiger partial charge in [-0.1, -0.05) is 0 Å². The lowest BCUT2D eigenvalue weighted by molar-refractivity contribution is 0.0981. The van der Waals surface area contributed by atoms with Crippen LogP contribution in [0, 0.1) is 0 Å². The van der Waals surface area contributed by atoms with E-state index in [0.717, 1.165) is 36.3 Å². The van der Waals surface area contributed by atoms with E-state index in [1.165, 1.54) is 6.33 Å². The SMILES string of the molecule is Nc1ccc2c(c1)CCCN2C(=O)c1cnc[nH]1. The van der Waals surface area contributed by atoms with Crippen molar-refractivity contribution in [3.63, 3.8) is 0 Å². The molecule has 1 aliphatic rings. The van der Waals surface area contributed by atoms with Crippen LogP contribution < -0.4 is 10.6 Å². The van der Waals surface area contributed by atoms with Gasteiger partial charge >= 0.3 is 0 Å². The van der Waals surface area contributed by atoms with E-state index in [9.17, 15) is 4.79 Å². The summed E-state index contributed by atoms with van der Waals surface area (Å²) in [6, 6.07) is 5.69. The molecular formula is C13H14N4O. The molecule has 0 saturated carbocycles. The Balaban J connectivity index is 1.99. The summed E-state index contributed by atoms with van der Waals surface area (Å²) in [5.74, 6) is -0.0433. The number of nitrogens with two attached hydrogens (primary N) is 1. The molecule has 1 aromatic carbocycles. The molecule has 0 radical (unpaired) electrons. The minimum Gasteiger partial charge on any atom is -0.399 e. The third kappa shape index (κ3) is 1.73. The third-order valence-electron chi connectivity index (χ3n) is 3.20. The second-order valence-corrected chi connectivity index (χ2v) is 4.41. The number of anilines is 2. The monoisotopic (exact) mass is 242 g/mol. The number of nitrogens with one attached hydrogen (secondary N) is 1. The average Bonchev–Trinajstić information content (AvgIpc) is 2.90. The number of nitrogens with zero attached hydrogens (tertiary/aromatic N) is 2. The van der Waals surface area contributed by atoms with Crippen LogP contribution >= 0.6 is 0 Å². The molecule has 0 atom stereocenters. The van der Waals surface area contributed by atoms with Gasteiger partial charge in [-0.2, -0.15) is 0 Å². The predicted molar refractivity (Wildman–Crippen MR) is 69.4 cm³/mol. The first-order valence-electron chi connectivity index (χ1n) is 5.94. The molecule has 2 heterocycles. The van der Waals surface area contributed by atoms with Crippen LogP contribution in [-0.4, -0.2) is 22.4 Å². The minimum atomic E-state index is -0.0433. The van der Waals surface area contributed by atoms with E-state index in [0.29, 0.717) is 5.69 Å². The summed E-state index contributed by atoms with van der Waals surface area (Å²) in [7, 11) is 0. The summed E-state index contributed by atoms with van der Waals surface area (Å²) in [5, 5.41) is 0. The number of nitrogen functional groups attached to an aromatic ring is 1. The largest absolute Gasteiger partial charge is 0.399 e. The number of carbonyl (C=O) groups excluding carboxylic acids is 1. The smallest absolute Gasteiger partial charge is 0.276 e. The zero-order chi connectivity index (χ0) is 12.5. The Bertz CT molecular complexity index is 577. The maximum absolute atomic E-state index is 12.3. The summed E-state index contributed by atoms with van der Waals surface area (Å²) in [6.07, 6.45) is 4.98. The van der Waals surface area contributed by atoms with Gasteiger partial charge in [-0.3, -0.25) is 4.79 Å². The van der Waals surface area contributed by atoms with Crippen molar-refractivity contribution in [2.75, 3.05) is 17.2 Å². The molecule has 1 amide bonds. The highest BCUT2D eigenvalue weighted by atomic mass is 16.2. The van der Waals surface area contributed by atoms with Gasteiger partial charge in [-0.15, -0.1) is 0 Å². The second kappa shape index (κ2) is 4.18. The molecule has 0 unspecified atom stereocenters. The van der Waals surface area contributed by atoms with Crippen molar-refractivity contribution in [2.24, 2.45) is 0 Å². The predicted octanol–water partition coefficient (Wildman–Crippen LogP) is 1.58. The van der Waals surface area contributed by atoms with Crippen molar-refractivity contribution in [2.45, 2.75) is 12.8 Å². The van der Waals surface area contributed by atoms with Crippen molar-refractivity contribution in [1.82, 2.24) is 9.97 Å². The van der Waals surface area contributed by atoms with E-state index in [4.69, 9.17) is 5.73 Å². The van der Waals surface area contributed by atoms with Gasteiger partial charge in [-0.25, -0.2) is 4.98 Å². The number of H-pyrrole nitrogens is 1. The highest BCUT2D eigenvalue weighted by Crippen LogP contribution is 2.29. The van der Waals surface area contributed by atoms with E-state index >= 15 is 0 Å². The minimum absolute atomic E-state index is 0.0433. The number of carbonyl (C=O) groups is 1. The lowest BCUT2D eigenvalue weighted by Gasteiger charge is -2.29. The molecule has 1 aromatic heterocycles. The summed E-state index contributed by atoms with van der Waals surface area (Å²) in [5.41, 5.74) is 9.12. The van der Waals surface area contributed by atoms with Crippen LogP contribution in [0.4, 0.5) is 11.4 Å². The van der Waals surface area contributed by atoms with Crippen molar-refractivity contribution in [1.29, 1.82) is 0 Å². The first kappa shape index (κ1) is 10.8. The van der Waals surface area contributed by atoms with Gasteiger partial charge < -0.3 is 15.6 Å². The van der Waals surface area contributed by atoms with Gasteiger partial charge in [0.25, 0.3) is 5.91 Å². The van der Waals surface area contributed by atoms with Gasteiger partial charge in [0.1, 0.15) is 5.69 Å². The highest BCUT2D eigenvalue weighted by molar-refractivity contribution is 6.05. The summed E-state index contributed by atoms with van der Waals surface area (Å²) < 4.78 is 0. The van der Waals surface area contributed by atoms with E-state index in [2.05, 4.69) is 9.97 Å². The molecule has 0 spiro atoms. The quantitative estimate of drug-likeness (QED) is 0.745. The highest BCUT2D eigenvalue weighted by Gasteiger charge is 2.24. The Labute approximate surface area is 105 Å². The molecular weight excluding hydrogens is 228 g/mol. The number of hydrogen-bond acceptors (Lipinski definition) is 3. The van der Waals surface area contributed by atoms with Gasteiger partial charge in [0, 0.05) is 17.9 Å². The normalized spacial score (nSPS) is 14.3. The van der Waals surface area contributed by atoms with Gasteiger partial charge in [-0.05, 0) is 36.6 Å². The van der Waals surface area contributed by atoms with Crippen molar-refractivity contribution in [3.8, 4) is 0 Å². The van der Waals surface area contributed by atoms with Gasteiger partial charge in [0.05, 0.1) is 12.5 Å². The number of aromatic nitrogens is 2. The fourth-order valence-electron chi connectivity index (χ4n) is 2.35.